The minimum atomic E-state index is -0.919. The predicted octanol–water partition coefficient (Wildman–Crippen LogP) is 3.19. The maximum absolute atomic E-state index is 12.7. The third-order valence-electron chi connectivity index (χ3n) is 4.81. The lowest BCUT2D eigenvalue weighted by molar-refractivity contribution is -0.143. The van der Waals surface area contributed by atoms with Gasteiger partial charge < -0.3 is 4.74 Å². The Bertz CT molecular complexity index is 842. The van der Waals surface area contributed by atoms with Gasteiger partial charge in [-0.3, -0.25) is 14.5 Å². The lowest BCUT2D eigenvalue weighted by Gasteiger charge is -2.25. The Kier molecular flexibility index (Phi) is 3.27. The minimum Gasteiger partial charge on any atom is -0.468 e. The van der Waals surface area contributed by atoms with Gasteiger partial charge in [-0.1, -0.05) is 48.5 Å². The van der Waals surface area contributed by atoms with Crippen molar-refractivity contribution in [2.45, 2.75) is 18.3 Å². The number of esters is 1. The van der Waals surface area contributed by atoms with Crippen molar-refractivity contribution < 1.29 is 14.3 Å². The Hall–Kier alpha value is -2.88. The third kappa shape index (κ3) is 1.86. The summed E-state index contributed by atoms with van der Waals surface area (Å²) < 4.78 is 5.12. The van der Waals surface area contributed by atoms with Crippen LogP contribution in [0.15, 0.2) is 71.9 Å². The highest BCUT2D eigenvalue weighted by Crippen LogP contribution is 2.61. The second kappa shape index (κ2) is 5.34. The zero-order valence-corrected chi connectivity index (χ0v) is 13.4. The van der Waals surface area contributed by atoms with E-state index in [2.05, 4.69) is 0 Å². The molecule has 4 rings (SSSR count). The Morgan fingerprint density at radius 3 is 2.25 bits per heavy atom. The van der Waals surface area contributed by atoms with Crippen LogP contribution in [-0.2, 0) is 19.7 Å². The number of anilines is 1. The number of ether oxygens (including phenoxy) is 1. The second-order valence-corrected chi connectivity index (χ2v) is 6.00. The van der Waals surface area contributed by atoms with Gasteiger partial charge in [0.1, 0.15) is 0 Å². The zero-order chi connectivity index (χ0) is 16.7. The van der Waals surface area contributed by atoms with E-state index >= 15 is 0 Å². The first-order valence-electron chi connectivity index (χ1n) is 7.97. The fourth-order valence-corrected chi connectivity index (χ4v) is 3.74. The number of amides is 1. The average molecular weight is 319 g/mol. The minimum absolute atomic E-state index is 0.0154. The summed E-state index contributed by atoms with van der Waals surface area (Å²) in [5.74, 6) is -0.309. The SMILES string of the molecule is COC(=O)C1(c2ccccc2)C2=C1N(c1ccccc1)C(=O)CC2. The smallest absolute Gasteiger partial charge is 0.326 e. The van der Waals surface area contributed by atoms with E-state index in [-0.39, 0.29) is 11.9 Å². The van der Waals surface area contributed by atoms with E-state index in [0.29, 0.717) is 12.8 Å². The maximum atomic E-state index is 12.7. The molecule has 24 heavy (non-hydrogen) atoms. The molecule has 0 bridgehead atoms. The van der Waals surface area contributed by atoms with Crippen LogP contribution in [0.4, 0.5) is 5.69 Å². The number of rotatable bonds is 3. The number of carbonyl (C=O) groups excluding carboxylic acids is 2. The van der Waals surface area contributed by atoms with Crippen molar-refractivity contribution in [3.8, 4) is 0 Å². The number of hydrogen-bond donors (Lipinski definition) is 0. The van der Waals surface area contributed by atoms with Gasteiger partial charge >= 0.3 is 5.97 Å². The van der Waals surface area contributed by atoms with Crippen LogP contribution in [-0.4, -0.2) is 19.0 Å². The fourth-order valence-electron chi connectivity index (χ4n) is 3.74. The van der Waals surface area contributed by atoms with Crippen LogP contribution >= 0.6 is 0 Å². The summed E-state index contributed by atoms with van der Waals surface area (Å²) in [6.45, 7) is 0. The number of hydrogen-bond acceptors (Lipinski definition) is 3. The van der Waals surface area contributed by atoms with E-state index < -0.39 is 5.41 Å². The first-order valence-corrected chi connectivity index (χ1v) is 7.97. The van der Waals surface area contributed by atoms with Crippen molar-refractivity contribution in [3.63, 3.8) is 0 Å². The van der Waals surface area contributed by atoms with Gasteiger partial charge in [-0.25, -0.2) is 0 Å². The summed E-state index contributed by atoms with van der Waals surface area (Å²) in [7, 11) is 1.40. The van der Waals surface area contributed by atoms with Crippen LogP contribution in [0.3, 0.4) is 0 Å². The largest absolute Gasteiger partial charge is 0.468 e. The zero-order valence-electron chi connectivity index (χ0n) is 13.4. The third-order valence-corrected chi connectivity index (χ3v) is 4.81. The van der Waals surface area contributed by atoms with Crippen molar-refractivity contribution in [1.82, 2.24) is 0 Å². The highest BCUT2D eigenvalue weighted by atomic mass is 16.5. The van der Waals surface area contributed by atoms with Gasteiger partial charge in [-0.15, -0.1) is 0 Å². The van der Waals surface area contributed by atoms with E-state index in [1.807, 2.05) is 60.7 Å². The first kappa shape index (κ1) is 14.7. The topological polar surface area (TPSA) is 46.6 Å². The summed E-state index contributed by atoms with van der Waals surface area (Å²) in [6, 6.07) is 19.0. The monoisotopic (exact) mass is 319 g/mol. The Balaban J connectivity index is 1.86. The molecular weight excluding hydrogens is 302 g/mol. The molecule has 1 aliphatic carbocycles. The molecule has 1 aliphatic heterocycles. The Morgan fingerprint density at radius 1 is 1.00 bits per heavy atom. The number of benzene rings is 2. The van der Waals surface area contributed by atoms with E-state index in [1.54, 1.807) is 4.90 Å². The van der Waals surface area contributed by atoms with Crippen molar-refractivity contribution in [2.24, 2.45) is 0 Å². The summed E-state index contributed by atoms with van der Waals surface area (Å²) >= 11 is 0. The lowest BCUT2D eigenvalue weighted by Crippen LogP contribution is -2.35. The normalized spacial score (nSPS) is 22.2. The molecule has 0 saturated heterocycles. The first-order chi connectivity index (χ1) is 11.7. The lowest BCUT2D eigenvalue weighted by atomic mass is 9.88. The number of methoxy groups -OCH3 is 1. The van der Waals surface area contributed by atoms with Gasteiger partial charge in [0.05, 0.1) is 12.8 Å². The molecule has 0 fully saturated rings. The number of para-hydroxylation sites is 1. The molecule has 0 radical (unpaired) electrons. The van der Waals surface area contributed by atoms with E-state index in [0.717, 1.165) is 22.5 Å². The molecule has 2 aliphatic rings. The molecule has 4 nitrogen and oxygen atoms in total. The maximum Gasteiger partial charge on any atom is 0.326 e. The van der Waals surface area contributed by atoms with Gasteiger partial charge in [0.2, 0.25) is 5.91 Å². The molecule has 1 unspecified atom stereocenters. The van der Waals surface area contributed by atoms with Gasteiger partial charge in [0.25, 0.3) is 0 Å². The molecule has 0 saturated carbocycles. The summed E-state index contributed by atoms with van der Waals surface area (Å²) in [4.78, 5) is 27.0. The molecule has 1 atom stereocenters. The Labute approximate surface area is 140 Å². The summed E-state index contributed by atoms with van der Waals surface area (Å²) in [5, 5.41) is 0. The molecule has 2 aromatic carbocycles. The molecular formula is C20H17NO3. The highest BCUT2D eigenvalue weighted by molar-refractivity contribution is 6.10. The molecule has 4 heteroatoms. The van der Waals surface area contributed by atoms with Crippen molar-refractivity contribution >= 4 is 17.6 Å². The predicted molar refractivity (Wildman–Crippen MR) is 90.3 cm³/mol. The molecule has 0 N–H and O–H groups in total. The van der Waals surface area contributed by atoms with Crippen molar-refractivity contribution in [3.05, 3.63) is 77.5 Å². The molecule has 0 aromatic heterocycles. The van der Waals surface area contributed by atoms with Crippen molar-refractivity contribution in [1.29, 1.82) is 0 Å². The van der Waals surface area contributed by atoms with E-state index in [1.165, 1.54) is 7.11 Å². The van der Waals surface area contributed by atoms with Gasteiger partial charge in [0, 0.05) is 12.1 Å². The van der Waals surface area contributed by atoms with Crippen LogP contribution in [0.5, 0.6) is 0 Å². The second-order valence-electron chi connectivity index (χ2n) is 6.00. The van der Waals surface area contributed by atoms with Gasteiger partial charge in [-0.2, -0.15) is 0 Å². The molecule has 0 spiro atoms. The fraction of sp³-hybridized carbons (Fsp3) is 0.200. The summed E-state index contributed by atoms with van der Waals surface area (Å²) in [5.41, 5.74) is 2.48. The van der Waals surface area contributed by atoms with Crippen LogP contribution in [0.1, 0.15) is 18.4 Å². The van der Waals surface area contributed by atoms with E-state index in [4.69, 9.17) is 4.74 Å². The van der Waals surface area contributed by atoms with Crippen LogP contribution in [0.25, 0.3) is 0 Å². The Morgan fingerprint density at radius 2 is 1.62 bits per heavy atom. The van der Waals surface area contributed by atoms with Crippen LogP contribution in [0.2, 0.25) is 0 Å². The van der Waals surface area contributed by atoms with Crippen molar-refractivity contribution in [2.75, 3.05) is 12.0 Å². The number of nitrogens with zero attached hydrogens (tertiary/aromatic N) is 1. The van der Waals surface area contributed by atoms with E-state index in [9.17, 15) is 9.59 Å². The quantitative estimate of drug-likeness (QED) is 0.816. The molecule has 2 aromatic rings. The molecule has 1 amide bonds. The average Bonchev–Trinajstić information content (AvgIpc) is 3.32. The number of carbonyl (C=O) groups is 2. The van der Waals surface area contributed by atoms with Crippen LogP contribution < -0.4 is 4.90 Å². The standard InChI is InChI=1S/C20H17NO3/c1-24-19(23)20(14-8-4-2-5-9-14)16-12-13-17(22)21(18(16)20)15-10-6-3-7-11-15/h2-11H,12-13H2,1H3. The van der Waals surface area contributed by atoms with Gasteiger partial charge in [0.15, 0.2) is 5.41 Å². The molecule has 120 valence electrons. The highest BCUT2D eigenvalue weighted by Gasteiger charge is 2.65. The summed E-state index contributed by atoms with van der Waals surface area (Å²) in [6.07, 6.45) is 1.00. The van der Waals surface area contributed by atoms with Crippen LogP contribution in [0, 0.1) is 0 Å². The molecule has 1 heterocycles. The van der Waals surface area contributed by atoms with Gasteiger partial charge in [-0.05, 0) is 29.7 Å².